The topological polar surface area (TPSA) is 63.2 Å². The van der Waals surface area contributed by atoms with Gasteiger partial charge in [0.15, 0.2) is 27.0 Å². The maximum atomic E-state index is 11.4. The standard InChI is InChI=1S/C15H30O6Si/c1-13(2,3)22(8,9)21-12-11(10-16)19-14(4,17-6)15(5,18-7)20-12/h10-12H,1-9H3/t11-,12-,14+,15+/m1/s1. The lowest BCUT2D eigenvalue weighted by Crippen LogP contribution is -2.67. The third kappa shape index (κ3) is 3.44. The summed E-state index contributed by atoms with van der Waals surface area (Å²) >= 11 is 0. The van der Waals surface area contributed by atoms with Gasteiger partial charge >= 0.3 is 0 Å². The Kier molecular flexibility index (Phi) is 5.65. The number of methoxy groups -OCH3 is 2. The zero-order valence-electron chi connectivity index (χ0n) is 15.2. The highest BCUT2D eigenvalue weighted by Crippen LogP contribution is 2.43. The smallest absolute Gasteiger partial charge is 0.222 e. The van der Waals surface area contributed by atoms with Crippen molar-refractivity contribution in [1.82, 2.24) is 0 Å². The molecule has 0 N–H and O–H groups in total. The molecule has 7 heteroatoms. The van der Waals surface area contributed by atoms with Crippen LogP contribution in [0, 0.1) is 0 Å². The first-order valence-corrected chi connectivity index (χ1v) is 10.4. The van der Waals surface area contributed by atoms with E-state index in [1.165, 1.54) is 14.2 Å². The molecule has 1 rings (SSSR count). The molecule has 0 spiro atoms. The van der Waals surface area contributed by atoms with Crippen molar-refractivity contribution in [2.45, 2.75) is 76.7 Å². The van der Waals surface area contributed by atoms with Gasteiger partial charge in [-0.15, -0.1) is 0 Å². The molecule has 1 aliphatic rings. The molecular formula is C15H30O6Si. The second-order valence-corrected chi connectivity index (χ2v) is 12.1. The Morgan fingerprint density at radius 3 is 1.86 bits per heavy atom. The summed E-state index contributed by atoms with van der Waals surface area (Å²) in [6.45, 7) is 13.9. The molecule has 1 aliphatic heterocycles. The van der Waals surface area contributed by atoms with Crippen LogP contribution in [0.25, 0.3) is 0 Å². The van der Waals surface area contributed by atoms with Gasteiger partial charge in [0.1, 0.15) is 0 Å². The number of rotatable bonds is 5. The highest BCUT2D eigenvalue weighted by atomic mass is 28.4. The highest BCUT2D eigenvalue weighted by Gasteiger charge is 2.58. The van der Waals surface area contributed by atoms with Crippen molar-refractivity contribution >= 4 is 14.6 Å². The average molecular weight is 334 g/mol. The van der Waals surface area contributed by atoms with E-state index in [9.17, 15) is 4.79 Å². The summed E-state index contributed by atoms with van der Waals surface area (Å²) < 4.78 is 28.8. The van der Waals surface area contributed by atoms with Gasteiger partial charge in [-0.25, -0.2) is 0 Å². The minimum atomic E-state index is -2.14. The fourth-order valence-corrected chi connectivity index (χ4v) is 3.05. The molecule has 0 bridgehead atoms. The fraction of sp³-hybridized carbons (Fsp3) is 0.933. The van der Waals surface area contributed by atoms with E-state index in [0.717, 1.165) is 0 Å². The number of hydrogen-bond donors (Lipinski definition) is 0. The monoisotopic (exact) mass is 334 g/mol. The number of aldehydes is 1. The van der Waals surface area contributed by atoms with E-state index in [2.05, 4.69) is 33.9 Å². The number of ether oxygens (including phenoxy) is 4. The van der Waals surface area contributed by atoms with Crippen molar-refractivity contribution in [3.8, 4) is 0 Å². The lowest BCUT2D eigenvalue weighted by atomic mass is 10.1. The van der Waals surface area contributed by atoms with Gasteiger partial charge in [0, 0.05) is 14.2 Å². The van der Waals surface area contributed by atoms with Gasteiger partial charge < -0.3 is 28.2 Å². The first-order valence-electron chi connectivity index (χ1n) is 7.45. The second kappa shape index (κ2) is 6.30. The van der Waals surface area contributed by atoms with Gasteiger partial charge in [-0.2, -0.15) is 0 Å². The SMILES string of the molecule is CO[C@@]1(C)O[C@H](O[Si](C)(C)C(C)(C)C)[C@@H](C=O)O[C@]1(C)OC. The summed E-state index contributed by atoms with van der Waals surface area (Å²) in [5, 5.41) is -0.0186. The van der Waals surface area contributed by atoms with Crippen molar-refractivity contribution in [3.05, 3.63) is 0 Å². The van der Waals surface area contributed by atoms with Crippen LogP contribution in [-0.2, 0) is 28.2 Å². The van der Waals surface area contributed by atoms with Crippen LogP contribution >= 0.6 is 0 Å². The van der Waals surface area contributed by atoms with Crippen molar-refractivity contribution in [2.24, 2.45) is 0 Å². The Balaban J connectivity index is 3.09. The summed E-state index contributed by atoms with van der Waals surface area (Å²) in [4.78, 5) is 11.4. The van der Waals surface area contributed by atoms with E-state index >= 15 is 0 Å². The average Bonchev–Trinajstić information content (AvgIpc) is 2.41. The first-order chi connectivity index (χ1) is 9.86. The lowest BCUT2D eigenvalue weighted by molar-refractivity contribution is -0.461. The molecule has 0 aliphatic carbocycles. The zero-order valence-corrected chi connectivity index (χ0v) is 16.2. The Bertz CT molecular complexity index is 407. The molecule has 0 unspecified atom stereocenters. The van der Waals surface area contributed by atoms with Crippen molar-refractivity contribution in [2.75, 3.05) is 14.2 Å². The van der Waals surface area contributed by atoms with Gasteiger partial charge in [-0.05, 0) is 32.0 Å². The molecule has 0 radical (unpaired) electrons. The molecule has 1 heterocycles. The lowest BCUT2D eigenvalue weighted by Gasteiger charge is -2.52. The predicted molar refractivity (Wildman–Crippen MR) is 84.9 cm³/mol. The summed E-state index contributed by atoms with van der Waals surface area (Å²) in [6, 6.07) is 0. The van der Waals surface area contributed by atoms with Crippen LogP contribution in [0.5, 0.6) is 0 Å². The maximum Gasteiger partial charge on any atom is 0.222 e. The summed E-state index contributed by atoms with van der Waals surface area (Å²) in [5.74, 6) is -2.39. The van der Waals surface area contributed by atoms with Crippen LogP contribution in [0.3, 0.4) is 0 Å². The van der Waals surface area contributed by atoms with Crippen LogP contribution in [0.2, 0.25) is 18.1 Å². The largest absolute Gasteiger partial charge is 0.390 e. The van der Waals surface area contributed by atoms with Gasteiger partial charge in [-0.1, -0.05) is 20.8 Å². The van der Waals surface area contributed by atoms with E-state index in [1.54, 1.807) is 13.8 Å². The second-order valence-electron chi connectivity index (χ2n) is 7.38. The van der Waals surface area contributed by atoms with Crippen LogP contribution < -0.4 is 0 Å². The summed E-state index contributed by atoms with van der Waals surface area (Å²) in [5.41, 5.74) is 0. The zero-order chi connectivity index (χ0) is 17.4. The minimum absolute atomic E-state index is 0.0186. The first kappa shape index (κ1) is 19.7. The van der Waals surface area contributed by atoms with E-state index in [4.69, 9.17) is 23.4 Å². The molecule has 4 atom stereocenters. The van der Waals surface area contributed by atoms with E-state index < -0.39 is 32.3 Å². The highest BCUT2D eigenvalue weighted by molar-refractivity contribution is 6.74. The van der Waals surface area contributed by atoms with Crippen LogP contribution in [0.15, 0.2) is 0 Å². The molecule has 1 fully saturated rings. The molecular weight excluding hydrogens is 304 g/mol. The van der Waals surface area contributed by atoms with Gasteiger partial charge in [0.25, 0.3) is 0 Å². The summed E-state index contributed by atoms with van der Waals surface area (Å²) in [7, 11) is 0.846. The quantitative estimate of drug-likeness (QED) is 0.569. The molecule has 0 amide bonds. The molecule has 22 heavy (non-hydrogen) atoms. The number of carbonyl (C=O) groups is 1. The van der Waals surface area contributed by atoms with Crippen LogP contribution in [0.4, 0.5) is 0 Å². The van der Waals surface area contributed by atoms with Gasteiger partial charge in [0.05, 0.1) is 0 Å². The molecule has 0 aromatic rings. The van der Waals surface area contributed by atoms with E-state index in [1.807, 2.05) is 0 Å². The molecule has 130 valence electrons. The molecule has 6 nitrogen and oxygen atoms in total. The summed E-state index contributed by atoms with van der Waals surface area (Å²) in [6.07, 6.45) is -1.02. The van der Waals surface area contributed by atoms with Crippen molar-refractivity contribution in [3.63, 3.8) is 0 Å². The number of carbonyl (C=O) groups excluding carboxylic acids is 1. The third-order valence-electron chi connectivity index (χ3n) is 4.93. The minimum Gasteiger partial charge on any atom is -0.390 e. The van der Waals surface area contributed by atoms with Crippen LogP contribution in [0.1, 0.15) is 34.6 Å². The third-order valence-corrected chi connectivity index (χ3v) is 9.36. The molecule has 0 aromatic heterocycles. The van der Waals surface area contributed by atoms with E-state index in [-0.39, 0.29) is 5.04 Å². The van der Waals surface area contributed by atoms with Crippen molar-refractivity contribution in [1.29, 1.82) is 0 Å². The Labute approximate surface area is 134 Å². The van der Waals surface area contributed by atoms with Crippen LogP contribution in [-0.4, -0.2) is 52.8 Å². The maximum absolute atomic E-state index is 11.4. The Morgan fingerprint density at radius 1 is 1.05 bits per heavy atom. The molecule has 0 saturated carbocycles. The Morgan fingerprint density at radius 2 is 1.50 bits per heavy atom. The molecule has 1 saturated heterocycles. The van der Waals surface area contributed by atoms with E-state index in [0.29, 0.717) is 6.29 Å². The fourth-order valence-electron chi connectivity index (χ4n) is 1.94. The Hall–Kier alpha value is -0.313. The predicted octanol–water partition coefficient (Wildman–Crippen LogP) is 2.67. The van der Waals surface area contributed by atoms with Gasteiger partial charge in [0.2, 0.25) is 11.6 Å². The normalized spacial score (nSPS) is 37.1. The van der Waals surface area contributed by atoms with Crippen molar-refractivity contribution < 1.29 is 28.2 Å². The molecule has 0 aromatic carbocycles. The number of hydrogen-bond acceptors (Lipinski definition) is 6. The van der Waals surface area contributed by atoms with Gasteiger partial charge in [-0.3, -0.25) is 0 Å².